The summed E-state index contributed by atoms with van der Waals surface area (Å²) in [4.78, 5) is 22.7. The highest BCUT2D eigenvalue weighted by Gasteiger charge is 2.32. The van der Waals surface area contributed by atoms with E-state index in [4.69, 9.17) is 9.47 Å². The summed E-state index contributed by atoms with van der Waals surface area (Å²) in [7, 11) is 0. The minimum absolute atomic E-state index is 0.123. The van der Waals surface area contributed by atoms with Gasteiger partial charge in [-0.2, -0.15) is 0 Å². The van der Waals surface area contributed by atoms with E-state index in [9.17, 15) is 9.59 Å². The first-order valence-corrected chi connectivity index (χ1v) is 7.33. The molecule has 0 aromatic carbocycles. The molecule has 114 valence electrons. The van der Waals surface area contributed by atoms with Gasteiger partial charge in [-0.25, -0.2) is 9.59 Å². The second-order valence-corrected chi connectivity index (χ2v) is 6.32. The van der Waals surface area contributed by atoms with Crippen LogP contribution in [-0.2, 0) is 19.1 Å². The number of rotatable bonds is 5. The Morgan fingerprint density at radius 2 is 2.10 bits per heavy atom. The summed E-state index contributed by atoms with van der Waals surface area (Å²) in [6.45, 7) is 7.84. The predicted molar refractivity (Wildman–Crippen MR) is 77.1 cm³/mol. The maximum atomic E-state index is 11.6. The van der Waals surface area contributed by atoms with E-state index in [1.54, 1.807) is 13.0 Å². The second kappa shape index (κ2) is 7.46. The van der Waals surface area contributed by atoms with Gasteiger partial charge in [-0.1, -0.05) is 26.3 Å². The lowest BCUT2D eigenvalue weighted by Crippen LogP contribution is -2.33. The zero-order valence-electron chi connectivity index (χ0n) is 13.0. The Labute approximate surface area is 121 Å². The van der Waals surface area contributed by atoms with Gasteiger partial charge in [0.15, 0.2) is 6.61 Å². The topological polar surface area (TPSA) is 52.6 Å². The average Bonchev–Trinajstić information content (AvgIpc) is 2.35. The zero-order chi connectivity index (χ0) is 15.2. The highest BCUT2D eigenvalue weighted by Crippen LogP contribution is 2.40. The molecule has 0 saturated heterocycles. The summed E-state index contributed by atoms with van der Waals surface area (Å²) in [6, 6.07) is 0. The number of hydrogen-bond acceptors (Lipinski definition) is 4. The lowest BCUT2D eigenvalue weighted by atomic mass is 9.71. The molecule has 2 atom stereocenters. The van der Waals surface area contributed by atoms with Crippen LogP contribution in [0.4, 0.5) is 0 Å². The van der Waals surface area contributed by atoms with Crippen molar-refractivity contribution in [2.24, 2.45) is 11.3 Å². The van der Waals surface area contributed by atoms with Gasteiger partial charge in [-0.15, -0.1) is 0 Å². The monoisotopic (exact) mass is 282 g/mol. The first-order chi connectivity index (χ1) is 9.34. The van der Waals surface area contributed by atoms with Gasteiger partial charge in [-0.05, 0) is 44.4 Å². The molecule has 0 aliphatic heterocycles. The van der Waals surface area contributed by atoms with Crippen molar-refractivity contribution in [3.05, 3.63) is 12.2 Å². The molecule has 0 bridgehead atoms. The van der Waals surface area contributed by atoms with Crippen LogP contribution in [-0.4, -0.2) is 24.6 Å². The fraction of sp³-hybridized carbons (Fsp3) is 0.750. The molecule has 1 aliphatic rings. The van der Waals surface area contributed by atoms with E-state index in [0.29, 0.717) is 11.3 Å². The largest absolute Gasteiger partial charge is 0.460 e. The molecule has 0 amide bonds. The maximum Gasteiger partial charge on any atom is 0.344 e. The lowest BCUT2D eigenvalue weighted by Gasteiger charge is -2.37. The van der Waals surface area contributed by atoms with E-state index in [-0.39, 0.29) is 12.7 Å². The smallest absolute Gasteiger partial charge is 0.344 e. The molecule has 4 nitrogen and oxygen atoms in total. The van der Waals surface area contributed by atoms with Crippen molar-refractivity contribution in [3.63, 3.8) is 0 Å². The summed E-state index contributed by atoms with van der Waals surface area (Å²) in [5, 5.41) is 0. The van der Waals surface area contributed by atoms with Gasteiger partial charge in [0, 0.05) is 6.08 Å². The van der Waals surface area contributed by atoms with Crippen molar-refractivity contribution in [2.75, 3.05) is 6.61 Å². The minimum Gasteiger partial charge on any atom is -0.460 e. The summed E-state index contributed by atoms with van der Waals surface area (Å²) in [5.41, 5.74) is 0.321. The molecule has 1 fully saturated rings. The first-order valence-electron chi connectivity index (χ1n) is 7.33. The normalized spacial score (nSPS) is 23.3. The molecule has 0 spiro atoms. The van der Waals surface area contributed by atoms with Crippen LogP contribution in [0.2, 0.25) is 0 Å². The van der Waals surface area contributed by atoms with Crippen LogP contribution < -0.4 is 0 Å². The summed E-state index contributed by atoms with van der Waals surface area (Å²) in [6.07, 6.45) is 7.29. The maximum absolute atomic E-state index is 11.6. The number of hydrogen-bond donors (Lipinski definition) is 0. The number of allylic oxidation sites excluding steroid dienone is 1. The molecule has 2 unspecified atom stereocenters. The van der Waals surface area contributed by atoms with Crippen LogP contribution in [0, 0.1) is 11.3 Å². The van der Waals surface area contributed by atoms with Gasteiger partial charge >= 0.3 is 11.9 Å². The molecule has 20 heavy (non-hydrogen) atoms. The minimum atomic E-state index is -0.518. The van der Waals surface area contributed by atoms with Crippen molar-refractivity contribution in [3.8, 4) is 0 Å². The Morgan fingerprint density at radius 1 is 1.40 bits per heavy atom. The zero-order valence-corrected chi connectivity index (χ0v) is 13.0. The van der Waals surface area contributed by atoms with Crippen molar-refractivity contribution in [1.29, 1.82) is 0 Å². The fourth-order valence-corrected chi connectivity index (χ4v) is 2.81. The van der Waals surface area contributed by atoms with Gasteiger partial charge in [0.2, 0.25) is 0 Å². The fourth-order valence-electron chi connectivity index (χ4n) is 2.81. The Bertz CT molecular complexity index is 371. The molecule has 1 aliphatic carbocycles. The van der Waals surface area contributed by atoms with E-state index in [1.807, 2.05) is 6.92 Å². The van der Waals surface area contributed by atoms with Gasteiger partial charge < -0.3 is 9.47 Å². The Hall–Kier alpha value is -1.32. The Kier molecular flexibility index (Phi) is 6.24. The predicted octanol–water partition coefficient (Wildman–Crippen LogP) is 3.25. The third-order valence-electron chi connectivity index (χ3n) is 3.86. The Balaban J connectivity index is 2.36. The summed E-state index contributed by atoms with van der Waals surface area (Å²) in [5.74, 6) is -0.594. The summed E-state index contributed by atoms with van der Waals surface area (Å²) < 4.78 is 10.1. The van der Waals surface area contributed by atoms with Crippen LogP contribution in [0.15, 0.2) is 12.2 Å². The van der Waals surface area contributed by atoms with Crippen LogP contribution in [0.1, 0.15) is 53.4 Å². The third-order valence-corrected chi connectivity index (χ3v) is 3.86. The number of esters is 2. The quantitative estimate of drug-likeness (QED) is 0.573. The van der Waals surface area contributed by atoms with Crippen molar-refractivity contribution >= 4 is 11.9 Å². The highest BCUT2D eigenvalue weighted by molar-refractivity contribution is 5.84. The lowest BCUT2D eigenvalue weighted by molar-refractivity contribution is -0.162. The molecule has 0 radical (unpaired) electrons. The highest BCUT2D eigenvalue weighted by atomic mass is 16.6. The van der Waals surface area contributed by atoms with E-state index >= 15 is 0 Å². The van der Waals surface area contributed by atoms with E-state index in [1.165, 1.54) is 18.9 Å². The van der Waals surface area contributed by atoms with Crippen molar-refractivity contribution < 1.29 is 19.1 Å². The molecular weight excluding hydrogens is 256 g/mol. The standard InChI is InChI=1S/C16H26O4/c1-5-7-14(17)19-11-15(18)20-12(2)13-8-6-9-16(3,4)10-13/h5,7,12-13H,6,8-11H2,1-4H3. The molecule has 0 aromatic rings. The number of carbonyl (C=O) groups is 2. The SMILES string of the molecule is CC=CC(=O)OCC(=O)OC(C)C1CCCC(C)(C)C1. The molecular formula is C16H26O4. The van der Waals surface area contributed by atoms with Crippen LogP contribution in [0.25, 0.3) is 0 Å². The third kappa shape index (κ3) is 5.76. The molecule has 1 saturated carbocycles. The second-order valence-electron chi connectivity index (χ2n) is 6.32. The van der Waals surface area contributed by atoms with Crippen molar-refractivity contribution in [1.82, 2.24) is 0 Å². The number of carbonyl (C=O) groups excluding carboxylic acids is 2. The molecule has 0 heterocycles. The average molecular weight is 282 g/mol. The van der Waals surface area contributed by atoms with E-state index < -0.39 is 11.9 Å². The molecule has 1 rings (SSSR count). The Morgan fingerprint density at radius 3 is 2.70 bits per heavy atom. The van der Waals surface area contributed by atoms with Gasteiger partial charge in [0.05, 0.1) is 0 Å². The first kappa shape index (κ1) is 16.7. The van der Waals surface area contributed by atoms with Crippen molar-refractivity contribution in [2.45, 2.75) is 59.5 Å². The molecule has 0 N–H and O–H groups in total. The molecule has 0 aromatic heterocycles. The van der Waals surface area contributed by atoms with Crippen LogP contribution in [0.3, 0.4) is 0 Å². The van der Waals surface area contributed by atoms with E-state index in [2.05, 4.69) is 13.8 Å². The van der Waals surface area contributed by atoms with Gasteiger partial charge in [0.1, 0.15) is 6.10 Å². The van der Waals surface area contributed by atoms with Crippen LogP contribution >= 0.6 is 0 Å². The number of ether oxygens (including phenoxy) is 2. The van der Waals surface area contributed by atoms with Gasteiger partial charge in [0.25, 0.3) is 0 Å². The van der Waals surface area contributed by atoms with Gasteiger partial charge in [-0.3, -0.25) is 0 Å². The van der Waals surface area contributed by atoms with E-state index in [0.717, 1.165) is 12.8 Å². The molecule has 4 heteroatoms. The van der Waals surface area contributed by atoms with Crippen LogP contribution in [0.5, 0.6) is 0 Å². The summed E-state index contributed by atoms with van der Waals surface area (Å²) >= 11 is 0.